The lowest BCUT2D eigenvalue weighted by molar-refractivity contribution is -0.141. The Hall–Kier alpha value is -2.61. The van der Waals surface area contributed by atoms with Crippen molar-refractivity contribution in [1.29, 1.82) is 0 Å². The number of rotatable bonds is 5. The first-order chi connectivity index (χ1) is 13.1. The number of ether oxygens (including phenoxy) is 1. The Labute approximate surface area is 161 Å². The van der Waals surface area contributed by atoms with Crippen molar-refractivity contribution in [2.75, 3.05) is 19.7 Å². The first-order valence-corrected chi connectivity index (χ1v) is 9.26. The number of carbonyl (C=O) groups excluding carboxylic acids is 2. The lowest BCUT2D eigenvalue weighted by Gasteiger charge is -2.33. The van der Waals surface area contributed by atoms with E-state index in [1.54, 1.807) is 24.0 Å². The third kappa shape index (κ3) is 4.77. The second-order valence-corrected chi connectivity index (χ2v) is 6.57. The highest BCUT2D eigenvalue weighted by molar-refractivity contribution is 6.30. The van der Waals surface area contributed by atoms with E-state index in [1.807, 2.05) is 12.1 Å². The molecule has 27 heavy (non-hydrogen) atoms. The van der Waals surface area contributed by atoms with Gasteiger partial charge in [-0.05, 0) is 50.5 Å². The zero-order valence-electron chi connectivity index (χ0n) is 15.0. The molecule has 2 aromatic rings. The molecule has 1 aromatic carbocycles. The van der Waals surface area contributed by atoms with E-state index in [-0.39, 0.29) is 25.2 Å². The minimum Gasteiger partial charge on any atom is -0.465 e. The van der Waals surface area contributed by atoms with Gasteiger partial charge in [-0.1, -0.05) is 16.8 Å². The molecule has 1 aromatic heterocycles. The number of halogens is 1. The monoisotopic (exact) mass is 392 g/mol. The molecular formula is C18H21ClN4O4. The molecule has 1 atom stereocenters. The molecule has 8 nitrogen and oxygen atoms in total. The number of aromatic nitrogens is 2. The fourth-order valence-electron chi connectivity index (χ4n) is 2.98. The molecule has 1 aliphatic heterocycles. The maximum atomic E-state index is 12.5. The van der Waals surface area contributed by atoms with Gasteiger partial charge < -0.3 is 19.5 Å². The number of likely N-dealkylation sites (tertiary alicyclic amines) is 1. The van der Waals surface area contributed by atoms with E-state index in [0.717, 1.165) is 24.8 Å². The van der Waals surface area contributed by atoms with E-state index in [4.69, 9.17) is 20.9 Å². The maximum Gasteiger partial charge on any atom is 0.325 e. The Kier molecular flexibility index (Phi) is 6.28. The molecule has 3 rings (SSSR count). The van der Waals surface area contributed by atoms with Gasteiger partial charge in [0, 0.05) is 17.1 Å². The maximum absolute atomic E-state index is 12.5. The number of piperidine rings is 1. The van der Waals surface area contributed by atoms with E-state index in [0.29, 0.717) is 23.3 Å². The van der Waals surface area contributed by atoms with Crippen molar-refractivity contribution >= 4 is 23.6 Å². The molecule has 0 spiro atoms. The molecular weight excluding hydrogens is 372 g/mol. The van der Waals surface area contributed by atoms with Gasteiger partial charge >= 0.3 is 12.0 Å². The number of hydrogen-bond donors (Lipinski definition) is 1. The van der Waals surface area contributed by atoms with Gasteiger partial charge in [-0.3, -0.25) is 4.79 Å². The third-order valence-corrected chi connectivity index (χ3v) is 4.53. The highest BCUT2D eigenvalue weighted by Gasteiger charge is 2.32. The van der Waals surface area contributed by atoms with Crippen molar-refractivity contribution in [2.24, 2.45) is 0 Å². The number of nitrogens with zero attached hydrogens (tertiary/aromatic N) is 3. The van der Waals surface area contributed by atoms with Crippen LogP contribution in [0, 0.1) is 0 Å². The zero-order valence-corrected chi connectivity index (χ0v) is 15.7. The minimum atomic E-state index is -0.470. The van der Waals surface area contributed by atoms with Crippen LogP contribution in [0.2, 0.25) is 5.02 Å². The first-order valence-electron chi connectivity index (χ1n) is 8.88. The molecule has 2 amide bonds. The van der Waals surface area contributed by atoms with Crippen LogP contribution in [-0.4, -0.2) is 46.7 Å². The summed E-state index contributed by atoms with van der Waals surface area (Å²) in [4.78, 5) is 30.1. The summed E-state index contributed by atoms with van der Waals surface area (Å²) in [6.45, 7) is 2.37. The van der Waals surface area contributed by atoms with Crippen molar-refractivity contribution < 1.29 is 18.8 Å². The Morgan fingerprint density at radius 2 is 2.11 bits per heavy atom. The van der Waals surface area contributed by atoms with Crippen molar-refractivity contribution in [1.82, 2.24) is 20.4 Å². The van der Waals surface area contributed by atoms with E-state index in [2.05, 4.69) is 15.5 Å². The lowest BCUT2D eigenvalue weighted by Crippen LogP contribution is -2.46. The quantitative estimate of drug-likeness (QED) is 0.785. The molecule has 0 bridgehead atoms. The van der Waals surface area contributed by atoms with Gasteiger partial charge in [0.25, 0.3) is 0 Å². The average molecular weight is 393 g/mol. The van der Waals surface area contributed by atoms with E-state index >= 15 is 0 Å². The van der Waals surface area contributed by atoms with Crippen LogP contribution in [0.5, 0.6) is 0 Å². The molecule has 0 unspecified atom stereocenters. The largest absolute Gasteiger partial charge is 0.465 e. The predicted octanol–water partition coefficient (Wildman–Crippen LogP) is 3.19. The highest BCUT2D eigenvalue weighted by Crippen LogP contribution is 2.31. The Balaban J connectivity index is 1.71. The second-order valence-electron chi connectivity index (χ2n) is 6.13. The number of urea groups is 1. The molecule has 1 N–H and O–H groups in total. The number of benzene rings is 1. The fourth-order valence-corrected chi connectivity index (χ4v) is 3.11. The number of carbonyl (C=O) groups is 2. The average Bonchev–Trinajstić information content (AvgIpc) is 3.17. The lowest BCUT2D eigenvalue weighted by atomic mass is 10.0. The summed E-state index contributed by atoms with van der Waals surface area (Å²) in [7, 11) is 0. The summed E-state index contributed by atoms with van der Waals surface area (Å²) in [5.74, 6) is 0.354. The summed E-state index contributed by atoms with van der Waals surface area (Å²) < 4.78 is 10.3. The topological polar surface area (TPSA) is 97.6 Å². The van der Waals surface area contributed by atoms with Crippen LogP contribution in [0.25, 0.3) is 11.4 Å². The molecule has 0 aliphatic carbocycles. The third-order valence-electron chi connectivity index (χ3n) is 4.28. The normalized spacial score (nSPS) is 16.8. The molecule has 1 fully saturated rings. The standard InChI is InChI=1S/C18H21ClN4O4/c1-2-26-15(24)11-20-18(25)23-10-4-3-5-14(23)17-21-16(22-27-17)12-6-8-13(19)9-7-12/h6-9,14H,2-5,10-11H2,1H3,(H,20,25)/t14-/m1/s1. The highest BCUT2D eigenvalue weighted by atomic mass is 35.5. The van der Waals surface area contributed by atoms with Gasteiger partial charge in [0.15, 0.2) is 0 Å². The zero-order chi connectivity index (χ0) is 19.2. The smallest absolute Gasteiger partial charge is 0.325 e. The van der Waals surface area contributed by atoms with Crippen molar-refractivity contribution in [3.05, 3.63) is 35.2 Å². The van der Waals surface area contributed by atoms with Crippen LogP contribution in [-0.2, 0) is 9.53 Å². The summed E-state index contributed by atoms with van der Waals surface area (Å²) in [6, 6.07) is 6.45. The Bertz CT molecular complexity index is 793. The van der Waals surface area contributed by atoms with Gasteiger partial charge in [-0.2, -0.15) is 4.98 Å². The van der Waals surface area contributed by atoms with Gasteiger partial charge in [-0.25, -0.2) is 4.79 Å². The number of amides is 2. The first kappa shape index (κ1) is 19.2. The van der Waals surface area contributed by atoms with E-state index in [9.17, 15) is 9.59 Å². The van der Waals surface area contributed by atoms with Crippen LogP contribution < -0.4 is 5.32 Å². The van der Waals surface area contributed by atoms with Crippen LogP contribution >= 0.6 is 11.6 Å². The molecule has 0 saturated carbocycles. The summed E-state index contributed by atoms with van der Waals surface area (Å²) in [6.07, 6.45) is 2.54. The van der Waals surface area contributed by atoms with Crippen LogP contribution in [0.3, 0.4) is 0 Å². The SMILES string of the molecule is CCOC(=O)CNC(=O)N1CCCC[C@@H]1c1nc(-c2ccc(Cl)cc2)no1. The minimum absolute atomic E-state index is 0.171. The van der Waals surface area contributed by atoms with Gasteiger partial charge in [0.2, 0.25) is 11.7 Å². The predicted molar refractivity (Wildman–Crippen MR) is 98.1 cm³/mol. The van der Waals surface area contributed by atoms with Crippen molar-refractivity contribution in [3.8, 4) is 11.4 Å². The van der Waals surface area contributed by atoms with Crippen molar-refractivity contribution in [2.45, 2.75) is 32.2 Å². The molecule has 0 radical (unpaired) electrons. The van der Waals surface area contributed by atoms with Gasteiger partial charge in [-0.15, -0.1) is 0 Å². The Morgan fingerprint density at radius 1 is 1.33 bits per heavy atom. The Morgan fingerprint density at radius 3 is 2.85 bits per heavy atom. The van der Waals surface area contributed by atoms with E-state index < -0.39 is 5.97 Å². The summed E-state index contributed by atoms with van der Waals surface area (Å²) in [5, 5.41) is 7.24. The number of hydrogen-bond acceptors (Lipinski definition) is 6. The molecule has 144 valence electrons. The van der Waals surface area contributed by atoms with Crippen LogP contribution in [0.1, 0.15) is 38.1 Å². The van der Waals surface area contributed by atoms with Crippen LogP contribution in [0.15, 0.2) is 28.8 Å². The molecule has 1 aliphatic rings. The second kappa shape index (κ2) is 8.85. The van der Waals surface area contributed by atoms with Gasteiger partial charge in [0.1, 0.15) is 12.6 Å². The molecule has 9 heteroatoms. The summed E-state index contributed by atoms with van der Waals surface area (Å²) in [5.41, 5.74) is 0.781. The van der Waals surface area contributed by atoms with Crippen LogP contribution in [0.4, 0.5) is 4.79 Å². The summed E-state index contributed by atoms with van der Waals surface area (Å²) >= 11 is 5.90. The fraction of sp³-hybridized carbons (Fsp3) is 0.444. The molecule has 2 heterocycles. The van der Waals surface area contributed by atoms with E-state index in [1.165, 1.54) is 0 Å². The molecule has 1 saturated heterocycles. The van der Waals surface area contributed by atoms with Gasteiger partial charge in [0.05, 0.1) is 6.61 Å². The van der Waals surface area contributed by atoms with Crippen molar-refractivity contribution in [3.63, 3.8) is 0 Å². The number of nitrogens with one attached hydrogen (secondary N) is 1. The number of esters is 1.